The molecular weight excluding hydrogens is 519 g/mol. The summed E-state index contributed by atoms with van der Waals surface area (Å²) in [5, 5.41) is -0.293. The van der Waals surface area contributed by atoms with E-state index in [9.17, 15) is 18.0 Å². The van der Waals surface area contributed by atoms with E-state index in [1.54, 1.807) is 19.3 Å². The first-order valence-corrected chi connectivity index (χ1v) is 12.5. The number of ether oxygens (including phenoxy) is 3. The number of alkyl halides is 3. The number of halogens is 4. The monoisotopic (exact) mass is 549 g/mol. The highest BCUT2D eigenvalue weighted by Crippen LogP contribution is 2.36. The maximum absolute atomic E-state index is 13.4. The fraction of sp³-hybridized carbons (Fsp3) is 0.345. The minimum atomic E-state index is -4.53. The minimum Gasteiger partial charge on any atom is -0.498 e. The smallest absolute Gasteiger partial charge is 0.417 e. The van der Waals surface area contributed by atoms with Crippen LogP contribution in [0.3, 0.4) is 0 Å². The number of rotatable bonds is 12. The van der Waals surface area contributed by atoms with E-state index in [0.717, 1.165) is 17.2 Å². The number of hydrogen-bond acceptors (Lipinski definition) is 5. The van der Waals surface area contributed by atoms with Crippen molar-refractivity contribution in [1.29, 1.82) is 0 Å². The molecule has 1 aliphatic carbocycles. The zero-order valence-corrected chi connectivity index (χ0v) is 22.1. The van der Waals surface area contributed by atoms with Gasteiger partial charge in [-0.15, -0.1) is 0 Å². The highest BCUT2D eigenvalue weighted by Gasteiger charge is 2.34. The van der Waals surface area contributed by atoms with Gasteiger partial charge in [0, 0.05) is 39.2 Å². The largest absolute Gasteiger partial charge is 0.498 e. The Morgan fingerprint density at radius 2 is 1.89 bits per heavy atom. The van der Waals surface area contributed by atoms with Gasteiger partial charge in [-0.3, -0.25) is 4.90 Å². The van der Waals surface area contributed by atoms with Crippen LogP contribution in [0.1, 0.15) is 35.6 Å². The van der Waals surface area contributed by atoms with Crippen molar-refractivity contribution < 1.29 is 32.2 Å². The number of hydrogen-bond donors (Lipinski definition) is 0. The first-order valence-electron chi connectivity index (χ1n) is 12.1. The van der Waals surface area contributed by atoms with Gasteiger partial charge in [-0.05, 0) is 35.3 Å². The van der Waals surface area contributed by atoms with Crippen molar-refractivity contribution in [2.75, 3.05) is 33.9 Å². The van der Waals surface area contributed by atoms with Crippen LogP contribution in [-0.4, -0.2) is 44.8 Å². The quantitative estimate of drug-likeness (QED) is 0.164. The third-order valence-electron chi connectivity index (χ3n) is 6.04. The molecular formula is C29H31ClF3NO4. The summed E-state index contributed by atoms with van der Waals surface area (Å²) >= 11 is 6.19. The van der Waals surface area contributed by atoms with E-state index in [0.29, 0.717) is 43.9 Å². The number of esters is 1. The molecule has 2 aromatic rings. The van der Waals surface area contributed by atoms with Crippen LogP contribution >= 0.6 is 11.6 Å². The van der Waals surface area contributed by atoms with Crippen LogP contribution in [0.5, 0.6) is 0 Å². The van der Waals surface area contributed by atoms with Crippen LogP contribution < -0.4 is 0 Å². The zero-order chi connectivity index (χ0) is 27.5. The summed E-state index contributed by atoms with van der Waals surface area (Å²) in [6.07, 6.45) is 3.14. The average molecular weight is 550 g/mol. The number of benzene rings is 2. The van der Waals surface area contributed by atoms with Gasteiger partial charge >= 0.3 is 12.1 Å². The van der Waals surface area contributed by atoms with Crippen LogP contribution in [0.2, 0.25) is 5.02 Å². The van der Waals surface area contributed by atoms with Crippen molar-refractivity contribution in [2.24, 2.45) is 0 Å². The number of methoxy groups -OCH3 is 2. The lowest BCUT2D eigenvalue weighted by atomic mass is 10.1. The van der Waals surface area contributed by atoms with Crippen molar-refractivity contribution >= 4 is 17.6 Å². The molecule has 9 heteroatoms. The fourth-order valence-corrected chi connectivity index (χ4v) is 4.41. The van der Waals surface area contributed by atoms with Crippen LogP contribution in [0.25, 0.3) is 0 Å². The molecule has 0 radical (unpaired) electrons. The van der Waals surface area contributed by atoms with Gasteiger partial charge < -0.3 is 14.2 Å². The van der Waals surface area contributed by atoms with Crippen LogP contribution in [0, 0.1) is 0 Å². The molecule has 0 bridgehead atoms. The van der Waals surface area contributed by atoms with E-state index in [1.807, 2.05) is 47.4 Å². The Kier molecular flexibility index (Phi) is 11.0. The van der Waals surface area contributed by atoms with Gasteiger partial charge in [0.15, 0.2) is 0 Å². The summed E-state index contributed by atoms with van der Waals surface area (Å²) in [5.41, 5.74) is 1.29. The maximum Gasteiger partial charge on any atom is 0.417 e. The van der Waals surface area contributed by atoms with E-state index >= 15 is 0 Å². The predicted molar refractivity (Wildman–Crippen MR) is 140 cm³/mol. The van der Waals surface area contributed by atoms with Crippen molar-refractivity contribution in [1.82, 2.24) is 4.90 Å². The number of allylic oxidation sites excluding steroid dienone is 4. The van der Waals surface area contributed by atoms with E-state index in [-0.39, 0.29) is 17.7 Å². The molecule has 0 amide bonds. The van der Waals surface area contributed by atoms with Crippen LogP contribution in [-0.2, 0) is 31.7 Å². The van der Waals surface area contributed by atoms with Crippen molar-refractivity contribution in [3.05, 3.63) is 106 Å². The third-order valence-corrected chi connectivity index (χ3v) is 6.49. The lowest BCUT2D eigenvalue weighted by Gasteiger charge is -2.28. The number of carbonyl (C=O) groups excluding carboxylic acids is 1. The third kappa shape index (κ3) is 8.75. The molecule has 0 aromatic heterocycles. The van der Waals surface area contributed by atoms with Gasteiger partial charge in [0.25, 0.3) is 0 Å². The highest BCUT2D eigenvalue weighted by molar-refractivity contribution is 6.32. The molecule has 3 rings (SSSR count). The van der Waals surface area contributed by atoms with E-state index in [2.05, 4.69) is 4.74 Å². The summed E-state index contributed by atoms with van der Waals surface area (Å²) in [6, 6.07) is 13.6. The SMILES string of the molecule is COC(=O)C=C1C=CC=C(OCCCN(Cc2cccc(C(F)(F)F)c2Cl)C[C@H](OC)c2ccccc2)C1. The van der Waals surface area contributed by atoms with Crippen molar-refractivity contribution in [3.8, 4) is 0 Å². The van der Waals surface area contributed by atoms with Gasteiger partial charge in [-0.25, -0.2) is 4.79 Å². The number of nitrogens with zero attached hydrogens (tertiary/aromatic N) is 1. The Bertz CT molecular complexity index is 1160. The summed E-state index contributed by atoms with van der Waals surface area (Å²) in [5.74, 6) is 0.287. The Labute approximate surface area is 226 Å². The van der Waals surface area contributed by atoms with Gasteiger partial charge in [0.1, 0.15) is 5.76 Å². The Hall–Kier alpha value is -3.07. The second kappa shape index (κ2) is 14.2. The van der Waals surface area contributed by atoms with Gasteiger partial charge in [0.2, 0.25) is 0 Å². The minimum absolute atomic E-state index is 0.215. The predicted octanol–water partition coefficient (Wildman–Crippen LogP) is 6.90. The Morgan fingerprint density at radius 3 is 2.58 bits per heavy atom. The fourth-order valence-electron chi connectivity index (χ4n) is 4.11. The molecule has 0 aliphatic heterocycles. The average Bonchev–Trinajstić information content (AvgIpc) is 2.90. The molecule has 0 heterocycles. The summed E-state index contributed by atoms with van der Waals surface area (Å²) in [6.45, 7) is 1.59. The molecule has 2 aromatic carbocycles. The molecule has 0 unspecified atom stereocenters. The lowest BCUT2D eigenvalue weighted by Crippen LogP contribution is -2.31. The lowest BCUT2D eigenvalue weighted by molar-refractivity contribution is -0.137. The summed E-state index contributed by atoms with van der Waals surface area (Å²) in [4.78, 5) is 13.5. The van der Waals surface area contributed by atoms with Gasteiger partial charge in [-0.1, -0.05) is 66.2 Å². The molecule has 0 spiro atoms. The molecule has 5 nitrogen and oxygen atoms in total. The molecule has 38 heavy (non-hydrogen) atoms. The molecule has 0 N–H and O–H groups in total. The van der Waals surface area contributed by atoms with Crippen molar-refractivity contribution in [2.45, 2.75) is 31.7 Å². The maximum atomic E-state index is 13.4. The Morgan fingerprint density at radius 1 is 1.13 bits per heavy atom. The van der Waals surface area contributed by atoms with Crippen LogP contribution in [0.15, 0.2) is 84.2 Å². The number of carbonyl (C=O) groups is 1. The van der Waals surface area contributed by atoms with E-state index in [1.165, 1.54) is 19.3 Å². The normalized spacial score (nSPS) is 15.4. The van der Waals surface area contributed by atoms with E-state index in [4.69, 9.17) is 21.1 Å². The molecule has 0 saturated carbocycles. The zero-order valence-electron chi connectivity index (χ0n) is 21.3. The van der Waals surface area contributed by atoms with E-state index < -0.39 is 17.7 Å². The van der Waals surface area contributed by atoms with Crippen molar-refractivity contribution in [3.63, 3.8) is 0 Å². The summed E-state index contributed by atoms with van der Waals surface area (Å²) < 4.78 is 56.6. The second-order valence-corrected chi connectivity index (χ2v) is 9.14. The standard InChI is InChI=1S/C29H31ClF3NO4/c1-36-26(22-10-4-3-5-11-22)20-34(19-23-12-7-14-25(28(23)30)29(31,32)33)15-8-16-38-24-13-6-9-21(17-24)18-27(35)37-2/h3-7,9-14,18,26H,8,15-17,19-20H2,1-2H3/t26-/m0/s1. The first-order chi connectivity index (χ1) is 18.2. The van der Waals surface area contributed by atoms with Gasteiger partial charge in [0.05, 0.1) is 30.4 Å². The van der Waals surface area contributed by atoms with Crippen LogP contribution in [0.4, 0.5) is 13.2 Å². The highest BCUT2D eigenvalue weighted by atomic mass is 35.5. The second-order valence-electron chi connectivity index (χ2n) is 8.76. The molecule has 0 saturated heterocycles. The molecule has 1 atom stereocenters. The first kappa shape index (κ1) is 29.5. The Balaban J connectivity index is 1.68. The molecule has 1 aliphatic rings. The molecule has 204 valence electrons. The molecule has 0 fully saturated rings. The topological polar surface area (TPSA) is 48.0 Å². The van der Waals surface area contributed by atoms with Gasteiger partial charge in [-0.2, -0.15) is 13.2 Å². The summed E-state index contributed by atoms with van der Waals surface area (Å²) in [7, 11) is 2.93.